The van der Waals surface area contributed by atoms with E-state index in [1.165, 1.54) is 10.8 Å². The molecule has 0 spiro atoms. The Morgan fingerprint density at radius 2 is 0.797 bits per heavy atom. The van der Waals surface area contributed by atoms with Gasteiger partial charge < -0.3 is 9.13 Å². The van der Waals surface area contributed by atoms with Crippen LogP contribution < -0.4 is 0 Å². The highest BCUT2D eigenvalue weighted by atomic mass is 15.0. The zero-order valence-electron chi connectivity index (χ0n) is 33.9. The van der Waals surface area contributed by atoms with Crippen molar-refractivity contribution in [1.29, 1.82) is 21.0 Å². The lowest BCUT2D eigenvalue weighted by atomic mass is 9.92. The fraction of sp³-hybridized carbons (Fsp3) is 0. The fourth-order valence-corrected chi connectivity index (χ4v) is 9.06. The lowest BCUT2D eigenvalue weighted by molar-refractivity contribution is 1.16. The van der Waals surface area contributed by atoms with Crippen molar-refractivity contribution < 1.29 is 0 Å². The van der Waals surface area contributed by atoms with Crippen LogP contribution in [-0.4, -0.2) is 19.1 Å². The van der Waals surface area contributed by atoms with Crippen LogP contribution in [0.15, 0.2) is 182 Å². The van der Waals surface area contributed by atoms with Gasteiger partial charge in [-0.05, 0) is 96.1 Å². The molecule has 11 aromatic rings. The van der Waals surface area contributed by atoms with E-state index in [-0.39, 0.29) is 17.0 Å². The Morgan fingerprint density at radius 1 is 0.344 bits per heavy atom. The van der Waals surface area contributed by atoms with Gasteiger partial charge in [-0.15, -0.1) is 0 Å². The Labute approximate surface area is 367 Å². The molecular formula is C56H30N8. The van der Waals surface area contributed by atoms with Crippen LogP contribution in [0.5, 0.6) is 0 Å². The van der Waals surface area contributed by atoms with E-state index in [9.17, 15) is 21.0 Å². The Kier molecular flexibility index (Phi) is 8.85. The number of hydrogen-bond acceptors (Lipinski definition) is 6. The first kappa shape index (κ1) is 37.4. The Hall–Kier alpha value is -9.60. The molecule has 0 N–H and O–H groups in total. The summed E-state index contributed by atoms with van der Waals surface area (Å²) in [5.74, 6) is 0.234. The Bertz CT molecular complexity index is 3730. The first-order valence-electron chi connectivity index (χ1n) is 20.6. The van der Waals surface area contributed by atoms with Crippen LogP contribution in [0.3, 0.4) is 0 Å². The number of hydrogen-bond donors (Lipinski definition) is 0. The topological polar surface area (TPSA) is 131 Å². The van der Waals surface area contributed by atoms with Crippen LogP contribution in [0, 0.1) is 45.3 Å². The summed E-state index contributed by atoms with van der Waals surface area (Å²) in [5, 5.41) is 46.0. The third-order valence-corrected chi connectivity index (χ3v) is 11.9. The molecular weight excluding hydrogens is 785 g/mol. The smallest absolute Gasteiger partial charge is 0.161 e. The van der Waals surface area contributed by atoms with Gasteiger partial charge in [-0.25, -0.2) is 9.97 Å². The molecule has 0 atom stereocenters. The van der Waals surface area contributed by atoms with E-state index in [0.717, 1.165) is 49.8 Å². The molecule has 0 radical (unpaired) electrons. The van der Waals surface area contributed by atoms with Crippen LogP contribution in [0.25, 0.3) is 100 Å². The largest absolute Gasteiger partial charge is 0.309 e. The summed E-state index contributed by atoms with van der Waals surface area (Å²) in [4.78, 5) is 9.68. The molecule has 0 fully saturated rings. The Balaban J connectivity index is 1.02. The number of nitrogens with zero attached hydrogens (tertiary/aromatic N) is 8. The number of fused-ring (bicyclic) bond motifs is 6. The Morgan fingerprint density at radius 3 is 1.39 bits per heavy atom. The summed E-state index contributed by atoms with van der Waals surface area (Å²) in [6.07, 6.45) is 0. The van der Waals surface area contributed by atoms with E-state index in [1.54, 1.807) is 60.7 Å². The normalized spacial score (nSPS) is 11.1. The van der Waals surface area contributed by atoms with Gasteiger partial charge in [0.2, 0.25) is 0 Å². The van der Waals surface area contributed by atoms with Gasteiger partial charge in [-0.1, -0.05) is 97.1 Å². The molecule has 0 bridgehead atoms. The highest BCUT2D eigenvalue weighted by molar-refractivity contribution is 6.12. The molecule has 8 heteroatoms. The molecule has 8 aromatic carbocycles. The first-order chi connectivity index (χ1) is 31.6. The quantitative estimate of drug-likeness (QED) is 0.164. The lowest BCUT2D eigenvalue weighted by Gasteiger charge is -2.14. The maximum atomic E-state index is 10.7. The maximum Gasteiger partial charge on any atom is 0.161 e. The van der Waals surface area contributed by atoms with Crippen molar-refractivity contribution in [1.82, 2.24) is 19.1 Å². The molecule has 11 rings (SSSR count). The van der Waals surface area contributed by atoms with Crippen molar-refractivity contribution >= 4 is 43.6 Å². The zero-order chi connectivity index (χ0) is 43.3. The predicted molar refractivity (Wildman–Crippen MR) is 251 cm³/mol. The van der Waals surface area contributed by atoms with Crippen molar-refractivity contribution in [3.8, 4) is 80.7 Å². The summed E-state index contributed by atoms with van der Waals surface area (Å²) in [6, 6.07) is 68.7. The van der Waals surface area contributed by atoms with E-state index in [4.69, 9.17) is 9.97 Å². The summed E-state index contributed by atoms with van der Waals surface area (Å²) in [7, 11) is 0. The van der Waals surface area contributed by atoms with Gasteiger partial charge >= 0.3 is 0 Å². The van der Waals surface area contributed by atoms with Crippen molar-refractivity contribution in [2.24, 2.45) is 0 Å². The molecule has 294 valence electrons. The monoisotopic (exact) mass is 814 g/mol. The number of rotatable bonds is 6. The number of nitriles is 4. The van der Waals surface area contributed by atoms with Gasteiger partial charge in [0.05, 0.1) is 80.0 Å². The van der Waals surface area contributed by atoms with Gasteiger partial charge in [0.25, 0.3) is 0 Å². The average molecular weight is 815 g/mol. The van der Waals surface area contributed by atoms with Gasteiger partial charge in [0.15, 0.2) is 5.82 Å². The van der Waals surface area contributed by atoms with Crippen molar-refractivity contribution in [2.75, 3.05) is 0 Å². The minimum absolute atomic E-state index is 0.234. The molecule has 0 saturated heterocycles. The zero-order valence-corrected chi connectivity index (χ0v) is 33.9. The molecule has 0 unspecified atom stereocenters. The maximum absolute atomic E-state index is 10.7. The average Bonchev–Trinajstić information content (AvgIpc) is 3.88. The van der Waals surface area contributed by atoms with Crippen molar-refractivity contribution in [2.45, 2.75) is 0 Å². The molecule has 3 heterocycles. The second kappa shape index (κ2) is 15.1. The van der Waals surface area contributed by atoms with Gasteiger partial charge in [-0.3, -0.25) is 0 Å². The van der Waals surface area contributed by atoms with Crippen LogP contribution in [-0.2, 0) is 0 Å². The third-order valence-electron chi connectivity index (χ3n) is 11.9. The van der Waals surface area contributed by atoms with Crippen LogP contribution >= 0.6 is 0 Å². The van der Waals surface area contributed by atoms with Crippen LogP contribution in [0.2, 0.25) is 0 Å². The second-order valence-corrected chi connectivity index (χ2v) is 15.4. The molecule has 0 aliphatic carbocycles. The molecule has 0 aliphatic rings. The highest BCUT2D eigenvalue weighted by Gasteiger charge is 2.21. The van der Waals surface area contributed by atoms with Crippen LogP contribution in [0.1, 0.15) is 22.3 Å². The number of para-hydroxylation sites is 3. The summed E-state index contributed by atoms with van der Waals surface area (Å²) in [6.45, 7) is 0. The van der Waals surface area contributed by atoms with E-state index in [0.29, 0.717) is 44.8 Å². The van der Waals surface area contributed by atoms with E-state index < -0.39 is 0 Å². The molecule has 0 saturated carbocycles. The number of aromatic nitrogens is 4. The fourth-order valence-electron chi connectivity index (χ4n) is 9.06. The first-order valence-corrected chi connectivity index (χ1v) is 20.6. The molecule has 0 amide bonds. The minimum atomic E-state index is 0.234. The third kappa shape index (κ3) is 5.96. The van der Waals surface area contributed by atoms with Crippen molar-refractivity contribution in [3.63, 3.8) is 0 Å². The summed E-state index contributed by atoms with van der Waals surface area (Å²) in [5.41, 5.74) is 11.4. The molecule has 3 aromatic heterocycles. The van der Waals surface area contributed by atoms with E-state index in [1.807, 2.05) is 18.2 Å². The van der Waals surface area contributed by atoms with Gasteiger partial charge in [0, 0.05) is 49.6 Å². The standard InChI is InChI=1S/C56H30N8/c57-31-36-11-1-3-13-43(36)49-30-50(62-56(61-49)44-14-4-2-12-37(44)32-58)55-39(33-59)27-38(28-40(55)34-60)35-21-23-41(24-22-35)63-53-20-10-7-17-47(53)48-29-42(25-26-54(48)63)64-51-18-8-5-15-45(51)46-16-6-9-19-52(46)64/h1-30H. The summed E-state index contributed by atoms with van der Waals surface area (Å²) < 4.78 is 4.61. The van der Waals surface area contributed by atoms with E-state index >= 15 is 0 Å². The molecule has 64 heavy (non-hydrogen) atoms. The van der Waals surface area contributed by atoms with E-state index in [2.05, 4.69) is 137 Å². The number of benzene rings is 8. The second-order valence-electron chi connectivity index (χ2n) is 15.4. The predicted octanol–water partition coefficient (Wildman–Crippen LogP) is 12.8. The van der Waals surface area contributed by atoms with Crippen molar-refractivity contribution in [3.05, 3.63) is 204 Å². The van der Waals surface area contributed by atoms with Gasteiger partial charge in [-0.2, -0.15) is 21.0 Å². The molecule has 0 aliphatic heterocycles. The SMILES string of the molecule is N#Cc1ccccc1-c1cc(-c2c(C#N)cc(-c3ccc(-n4c5ccccc5c5cc(-n6c7ccccc7c7ccccc76)ccc54)cc3)cc2C#N)nc(-c2ccccc2C#N)n1. The highest BCUT2D eigenvalue weighted by Crippen LogP contribution is 2.39. The summed E-state index contributed by atoms with van der Waals surface area (Å²) >= 11 is 0. The van der Waals surface area contributed by atoms with Gasteiger partial charge in [0.1, 0.15) is 0 Å². The van der Waals surface area contributed by atoms with Crippen LogP contribution in [0.4, 0.5) is 0 Å². The lowest BCUT2D eigenvalue weighted by Crippen LogP contribution is -2.01. The molecule has 8 nitrogen and oxygen atoms in total. The minimum Gasteiger partial charge on any atom is -0.309 e.